The third-order valence-electron chi connectivity index (χ3n) is 16.4. The van der Waals surface area contributed by atoms with Crippen LogP contribution in [0.1, 0.15) is 108 Å². The fourth-order valence-electron chi connectivity index (χ4n) is 10.5. The largest absolute Gasteiger partial charge is 0.425 e. The Morgan fingerprint density at radius 2 is 0.459 bits per heavy atom. The molecule has 0 atom stereocenters. The van der Waals surface area contributed by atoms with Gasteiger partial charge in [-0.1, -0.05) is 232 Å². The molecule has 10 aromatic carbocycles. The van der Waals surface area contributed by atoms with E-state index in [-0.39, 0.29) is 38.1 Å². The first-order valence-electron chi connectivity index (χ1n) is 33.3. The van der Waals surface area contributed by atoms with Gasteiger partial charge in [0.15, 0.2) is 84.2 Å². The van der Waals surface area contributed by atoms with Crippen LogP contribution in [0.4, 0.5) is 52.7 Å². The first kappa shape index (κ1) is 88.3. The number of hydrogen-bond donors (Lipinski definition) is 0. The van der Waals surface area contributed by atoms with E-state index in [0.29, 0.717) is 17.8 Å². The van der Waals surface area contributed by atoms with Crippen LogP contribution < -0.4 is 0 Å². The molecule has 0 spiro atoms. The first-order chi connectivity index (χ1) is 50.7. The maximum Gasteiger partial charge on any atom is 0.399 e. The molecule has 29 heteroatoms. The molecular formula is C80H79F12N2O8S7+. The van der Waals surface area contributed by atoms with Crippen molar-refractivity contribution in [3.63, 3.8) is 0 Å². The number of halogens is 12. The predicted molar refractivity (Wildman–Crippen MR) is 409 cm³/mol. The zero-order chi connectivity index (χ0) is 81.0. The van der Waals surface area contributed by atoms with Crippen molar-refractivity contribution in [3.05, 3.63) is 315 Å². The standard InChI is InChI=1S/C22H23S.2C18H15S.C16H26.2C3F6NO4S2/c1-22(2,3)18-14-16-21(17-15-18)23(19-10-6-4-7-11-19)20-12-8-5-9-13-20;2*1-4-10-16(11-5-1)19(17-12-6-2-7-13-17)18-14-8-3-9-15-18;1-10(2)14-8-15(11(3)4)13(7)16(9-14)12(5)6;2*4-1(5)2(6,7)15(11,12)10-16(13,14)3(1,8)9/h4-17H,1-3H3;2*1-15H;8-12H,1-7H3;;/q3*+1;;2*-1. The van der Waals surface area contributed by atoms with E-state index in [1.54, 1.807) is 0 Å². The van der Waals surface area contributed by atoms with Crippen LogP contribution in [0.3, 0.4) is 0 Å². The maximum absolute atomic E-state index is 12.4. The predicted octanol–water partition coefficient (Wildman–Crippen LogP) is 22.7. The summed E-state index contributed by atoms with van der Waals surface area (Å²) in [5.74, 6) is -11.3. The van der Waals surface area contributed by atoms with E-state index < -0.39 is 73.0 Å². The SMILES string of the molecule is CC(C)(C)c1ccc([S+](c2ccccc2)c2ccccc2)cc1.Cc1c(C(C)C)cc(C(C)C)cc1C(C)C.O=S1(=O)[N-]S(=O)(=O)C(F)(F)C(F)(F)C1(F)F.O=S1(=O)[N-]S(=O)(=O)C(F)(F)C(F)(F)C1(F)F.c1ccc([S+](c2ccccc2)c2ccccc2)cc1.c1ccc([S+](c2ccccc2)c2ccccc2)cc1. The summed E-state index contributed by atoms with van der Waals surface area (Å²) in [7, 11) is -26.4. The Hall–Kier alpha value is -7.87. The highest BCUT2D eigenvalue weighted by atomic mass is 32.3. The molecule has 0 bridgehead atoms. The molecule has 2 saturated heterocycles. The van der Waals surface area contributed by atoms with Gasteiger partial charge in [-0.15, -0.1) is 0 Å². The molecular weight excluding hydrogens is 1570 g/mol. The summed E-state index contributed by atoms with van der Waals surface area (Å²) in [4.78, 5) is 12.3. The zero-order valence-electron chi connectivity index (χ0n) is 60.3. The Morgan fingerprint density at radius 3 is 0.615 bits per heavy atom. The molecule has 0 aromatic heterocycles. The molecule has 0 radical (unpaired) electrons. The van der Waals surface area contributed by atoms with E-state index >= 15 is 0 Å². The highest BCUT2D eigenvalue weighted by molar-refractivity contribution is 8.14. The third-order valence-corrected chi connectivity index (χ3v) is 29.8. The minimum Gasteiger partial charge on any atom is -0.425 e. The number of sulfonamides is 4. The van der Waals surface area contributed by atoms with Crippen LogP contribution in [-0.4, -0.2) is 66.5 Å². The number of benzene rings is 10. The second-order valence-electron chi connectivity index (χ2n) is 26.3. The van der Waals surface area contributed by atoms with Crippen LogP contribution in [0.2, 0.25) is 0 Å². The summed E-state index contributed by atoms with van der Waals surface area (Å²) in [5.41, 5.74) is 7.60. The van der Waals surface area contributed by atoms with E-state index in [9.17, 15) is 86.4 Å². The molecule has 2 fully saturated rings. The van der Waals surface area contributed by atoms with E-state index in [4.69, 9.17) is 0 Å². The Labute approximate surface area is 639 Å². The van der Waals surface area contributed by atoms with Crippen LogP contribution in [-0.2, 0) is 78.2 Å². The van der Waals surface area contributed by atoms with Gasteiger partial charge in [0, 0.05) is 0 Å². The van der Waals surface area contributed by atoms with Gasteiger partial charge in [0.25, 0.3) is 0 Å². The highest BCUT2D eigenvalue weighted by Crippen LogP contribution is 2.59. The number of alkyl halides is 12. The molecule has 0 saturated carbocycles. The molecule has 0 amide bonds. The lowest BCUT2D eigenvalue weighted by Gasteiger charge is -2.42. The minimum atomic E-state index is -6.60. The molecule has 2 aliphatic rings. The second kappa shape index (κ2) is 35.7. The van der Waals surface area contributed by atoms with Crippen LogP contribution in [0.15, 0.2) is 323 Å². The lowest BCUT2D eigenvalue weighted by atomic mass is 9.85. The fourth-order valence-corrected chi connectivity index (χ4v) is 22.3. The van der Waals surface area contributed by atoms with Gasteiger partial charge in [-0.3, -0.25) is 0 Å². The average molecular weight is 1650 g/mol. The molecule has 10 nitrogen and oxygen atoms in total. The summed E-state index contributed by atoms with van der Waals surface area (Å²) in [6, 6.07) is 99.8. The third kappa shape index (κ3) is 19.9. The lowest BCUT2D eigenvalue weighted by molar-refractivity contribution is -0.244. The maximum atomic E-state index is 12.4. The van der Waals surface area contributed by atoms with Gasteiger partial charge >= 0.3 is 32.9 Å². The quantitative estimate of drug-likeness (QED) is 0.0861. The van der Waals surface area contributed by atoms with Gasteiger partial charge in [-0.05, 0) is 167 Å². The lowest BCUT2D eigenvalue weighted by Crippen LogP contribution is -2.64. The van der Waals surface area contributed by atoms with Gasteiger partial charge in [0.05, 0.1) is 32.7 Å². The molecule has 0 aliphatic carbocycles. The van der Waals surface area contributed by atoms with E-state index in [2.05, 4.69) is 348 Å². The summed E-state index contributed by atoms with van der Waals surface area (Å²) >= 11 is 0. The molecule has 2 aliphatic heterocycles. The van der Waals surface area contributed by atoms with Crippen LogP contribution >= 0.6 is 0 Å². The number of hydrogen-bond acceptors (Lipinski definition) is 8. The summed E-state index contributed by atoms with van der Waals surface area (Å²) in [5, 5.41) is -25.2. The van der Waals surface area contributed by atoms with Gasteiger partial charge < -0.3 is 8.25 Å². The van der Waals surface area contributed by atoms with Gasteiger partial charge in [-0.2, -0.15) is 52.7 Å². The van der Waals surface area contributed by atoms with Crippen molar-refractivity contribution >= 4 is 72.8 Å². The van der Waals surface area contributed by atoms with Crippen molar-refractivity contribution in [2.75, 3.05) is 0 Å². The molecule has 582 valence electrons. The Bertz CT molecular complexity index is 4510. The molecule has 0 unspecified atom stereocenters. The molecule has 12 rings (SSSR count). The molecule has 2 heterocycles. The van der Waals surface area contributed by atoms with Crippen molar-refractivity contribution in [1.82, 2.24) is 0 Å². The van der Waals surface area contributed by atoms with Gasteiger partial charge in [-0.25, -0.2) is 33.7 Å². The molecule has 10 aromatic rings. The van der Waals surface area contributed by atoms with E-state index in [1.165, 1.54) is 71.9 Å². The number of rotatable bonds is 12. The normalized spacial score (nSPS) is 17.6. The topological polar surface area (TPSA) is 165 Å². The van der Waals surface area contributed by atoms with Gasteiger partial charge in [0.2, 0.25) is 0 Å². The van der Waals surface area contributed by atoms with E-state index in [1.807, 2.05) is 0 Å². The minimum absolute atomic E-state index is 0.0146. The molecule has 109 heavy (non-hydrogen) atoms. The molecule has 0 N–H and O–H groups in total. The smallest absolute Gasteiger partial charge is 0.399 e. The van der Waals surface area contributed by atoms with Crippen LogP contribution in [0, 0.1) is 6.92 Å². The first-order valence-corrected chi connectivity index (χ1v) is 42.8. The second-order valence-corrected chi connectivity index (χ2v) is 39.4. The zero-order valence-corrected chi connectivity index (χ0v) is 66.1. The average Bonchev–Trinajstić information content (AvgIpc) is 0.701. The van der Waals surface area contributed by atoms with Crippen molar-refractivity contribution in [2.24, 2.45) is 0 Å². The fraction of sp³-hybridized carbons (Fsp3) is 0.250. The van der Waals surface area contributed by atoms with Crippen LogP contribution in [0.25, 0.3) is 8.25 Å². The Balaban J connectivity index is 0.000000183. The van der Waals surface area contributed by atoms with Crippen molar-refractivity contribution in [1.29, 1.82) is 0 Å². The summed E-state index contributed by atoms with van der Waals surface area (Å²) in [6.45, 7) is 22.8. The van der Waals surface area contributed by atoms with Gasteiger partial charge in [0.1, 0.15) is 0 Å². The van der Waals surface area contributed by atoms with Crippen LogP contribution in [0.5, 0.6) is 0 Å². The number of nitrogens with zero attached hydrogens (tertiary/aromatic N) is 2. The van der Waals surface area contributed by atoms with Crippen molar-refractivity contribution < 1.29 is 86.4 Å². The Morgan fingerprint density at radius 1 is 0.284 bits per heavy atom. The van der Waals surface area contributed by atoms with Crippen molar-refractivity contribution in [2.45, 2.75) is 169 Å². The summed E-state index contributed by atoms with van der Waals surface area (Å²) < 4.78 is 234. The van der Waals surface area contributed by atoms with E-state index in [0.717, 1.165) is 8.25 Å². The summed E-state index contributed by atoms with van der Waals surface area (Å²) in [6.07, 6.45) is 0. The van der Waals surface area contributed by atoms with Crippen molar-refractivity contribution in [3.8, 4) is 0 Å². The monoisotopic (exact) mass is 1650 g/mol. The highest BCUT2D eigenvalue weighted by Gasteiger charge is 2.83. The Kier molecular flexibility index (Phi) is 28.9.